The summed E-state index contributed by atoms with van der Waals surface area (Å²) in [5, 5.41) is 0. The van der Waals surface area contributed by atoms with Crippen LogP contribution < -0.4 is 9.47 Å². The van der Waals surface area contributed by atoms with Crippen molar-refractivity contribution in [1.29, 1.82) is 0 Å². The number of sulfone groups is 1. The minimum Gasteiger partial charge on any atom is -0.486 e. The molecule has 3 aromatic rings. The summed E-state index contributed by atoms with van der Waals surface area (Å²) in [6, 6.07) is 17.6. The number of hydrogen-bond donors (Lipinski definition) is 0. The van der Waals surface area contributed by atoms with Crippen LogP contribution in [0.15, 0.2) is 65.7 Å². The quantitative estimate of drug-likeness (QED) is 0.579. The molecule has 1 aromatic heterocycles. The van der Waals surface area contributed by atoms with Gasteiger partial charge in [0.15, 0.2) is 21.3 Å². The molecule has 2 aliphatic heterocycles. The molecule has 5 rings (SSSR count). The zero-order valence-corrected chi connectivity index (χ0v) is 18.8. The molecule has 0 N–H and O–H groups in total. The number of fused-ring (bicyclic) bond motifs is 1. The third-order valence-electron chi connectivity index (χ3n) is 6.10. The van der Waals surface area contributed by atoms with Crippen LogP contribution in [0.25, 0.3) is 11.3 Å². The van der Waals surface area contributed by atoms with Crippen molar-refractivity contribution in [2.45, 2.75) is 30.3 Å². The Labute approximate surface area is 188 Å². The van der Waals surface area contributed by atoms with Gasteiger partial charge < -0.3 is 9.47 Å². The first-order valence-corrected chi connectivity index (χ1v) is 12.8. The van der Waals surface area contributed by atoms with Gasteiger partial charge in [0.2, 0.25) is 0 Å². The highest BCUT2D eigenvalue weighted by atomic mass is 32.2. The Bertz CT molecular complexity index is 1210. The third kappa shape index (κ3) is 4.36. The monoisotopic (exact) mass is 450 g/mol. The van der Waals surface area contributed by atoms with Crippen LogP contribution in [0.3, 0.4) is 0 Å². The first-order valence-electron chi connectivity index (χ1n) is 10.9. The topological polar surface area (TPSA) is 68.7 Å². The normalized spacial score (nSPS) is 18.6. The summed E-state index contributed by atoms with van der Waals surface area (Å²) >= 11 is 0. The van der Waals surface area contributed by atoms with E-state index in [2.05, 4.69) is 28.1 Å². The van der Waals surface area contributed by atoms with Gasteiger partial charge in [0, 0.05) is 30.6 Å². The summed E-state index contributed by atoms with van der Waals surface area (Å²) in [6.07, 6.45) is 5.42. The molecule has 0 amide bonds. The second-order valence-corrected chi connectivity index (χ2v) is 10.4. The van der Waals surface area contributed by atoms with Crippen molar-refractivity contribution in [3.05, 3.63) is 71.9 Å². The van der Waals surface area contributed by atoms with Gasteiger partial charge in [-0.15, -0.1) is 0 Å². The maximum atomic E-state index is 11.7. The van der Waals surface area contributed by atoms with Gasteiger partial charge in [-0.2, -0.15) is 0 Å². The Kier molecular flexibility index (Phi) is 5.61. The largest absolute Gasteiger partial charge is 0.486 e. The molecule has 0 radical (unpaired) electrons. The summed E-state index contributed by atoms with van der Waals surface area (Å²) in [4.78, 5) is 7.43. The van der Waals surface area contributed by atoms with E-state index >= 15 is 0 Å². The number of nitrogens with zero attached hydrogens (tertiary/aromatic N) is 2. The minimum absolute atomic E-state index is 0.317. The Balaban J connectivity index is 1.30. The molecule has 1 saturated heterocycles. The molecule has 2 aliphatic rings. The molecule has 6 nitrogen and oxygen atoms in total. The zero-order valence-electron chi connectivity index (χ0n) is 18.0. The molecule has 32 heavy (non-hydrogen) atoms. The maximum absolute atomic E-state index is 11.7. The van der Waals surface area contributed by atoms with Crippen molar-refractivity contribution in [3.63, 3.8) is 0 Å². The molecule has 2 aromatic carbocycles. The average molecular weight is 451 g/mol. The second kappa shape index (κ2) is 8.56. The van der Waals surface area contributed by atoms with E-state index < -0.39 is 9.84 Å². The van der Waals surface area contributed by atoms with Crippen LogP contribution in [0, 0.1) is 0 Å². The molecule has 166 valence electrons. The first kappa shape index (κ1) is 21.0. The van der Waals surface area contributed by atoms with Crippen LogP contribution in [0.5, 0.6) is 11.5 Å². The van der Waals surface area contributed by atoms with Crippen LogP contribution in [0.4, 0.5) is 0 Å². The highest BCUT2D eigenvalue weighted by Crippen LogP contribution is 2.38. The molecule has 0 unspecified atom stereocenters. The van der Waals surface area contributed by atoms with Gasteiger partial charge in [-0.3, -0.25) is 9.88 Å². The molecule has 0 aliphatic carbocycles. The first-order chi connectivity index (χ1) is 15.5. The summed E-state index contributed by atoms with van der Waals surface area (Å²) in [5.41, 5.74) is 4.16. The number of rotatable bonds is 5. The van der Waals surface area contributed by atoms with E-state index in [1.54, 1.807) is 24.3 Å². The van der Waals surface area contributed by atoms with E-state index in [9.17, 15) is 8.42 Å². The van der Waals surface area contributed by atoms with Gasteiger partial charge in [-0.1, -0.05) is 24.3 Å². The van der Waals surface area contributed by atoms with Crippen molar-refractivity contribution >= 4 is 9.84 Å². The van der Waals surface area contributed by atoms with Crippen LogP contribution in [0.1, 0.15) is 30.0 Å². The number of pyridine rings is 1. The van der Waals surface area contributed by atoms with Gasteiger partial charge in [0.05, 0.1) is 10.6 Å². The highest BCUT2D eigenvalue weighted by Gasteiger charge is 2.27. The molecule has 3 heterocycles. The average Bonchev–Trinajstić information content (AvgIpc) is 3.27. The van der Waals surface area contributed by atoms with Crippen LogP contribution in [0.2, 0.25) is 0 Å². The van der Waals surface area contributed by atoms with Gasteiger partial charge in [-0.05, 0) is 60.8 Å². The lowest BCUT2D eigenvalue weighted by Crippen LogP contribution is -2.23. The van der Waals surface area contributed by atoms with E-state index in [4.69, 9.17) is 9.47 Å². The molecular formula is C25H26N2O4S. The predicted molar refractivity (Wildman–Crippen MR) is 123 cm³/mol. The van der Waals surface area contributed by atoms with Gasteiger partial charge in [0.25, 0.3) is 0 Å². The summed E-state index contributed by atoms with van der Waals surface area (Å²) < 4.78 is 34.7. The van der Waals surface area contributed by atoms with E-state index in [0.717, 1.165) is 54.3 Å². The van der Waals surface area contributed by atoms with Gasteiger partial charge in [0.1, 0.15) is 13.2 Å². The molecule has 7 heteroatoms. The van der Waals surface area contributed by atoms with Crippen LogP contribution in [-0.2, 0) is 16.4 Å². The Hall–Kier alpha value is -2.90. The number of benzene rings is 2. The molecule has 0 saturated carbocycles. The molecule has 1 atom stereocenters. The van der Waals surface area contributed by atoms with Crippen molar-refractivity contribution in [1.82, 2.24) is 9.88 Å². The van der Waals surface area contributed by atoms with Gasteiger partial charge >= 0.3 is 0 Å². The number of ether oxygens (including phenoxy) is 2. The summed E-state index contributed by atoms with van der Waals surface area (Å²) in [5.74, 6) is 1.67. The Morgan fingerprint density at radius 2 is 1.78 bits per heavy atom. The third-order valence-corrected chi connectivity index (χ3v) is 7.23. The Morgan fingerprint density at radius 1 is 1.00 bits per heavy atom. The Morgan fingerprint density at radius 3 is 2.50 bits per heavy atom. The zero-order chi connectivity index (χ0) is 22.1. The van der Waals surface area contributed by atoms with Crippen LogP contribution >= 0.6 is 0 Å². The lowest BCUT2D eigenvalue weighted by Gasteiger charge is -2.26. The fourth-order valence-corrected chi connectivity index (χ4v) is 5.09. The summed E-state index contributed by atoms with van der Waals surface area (Å²) in [7, 11) is -3.20. The predicted octanol–water partition coefficient (Wildman–Crippen LogP) is 4.26. The second-order valence-electron chi connectivity index (χ2n) is 8.38. The number of hydrogen-bond acceptors (Lipinski definition) is 6. The molecular weight excluding hydrogens is 424 g/mol. The minimum atomic E-state index is -3.20. The number of aromatic nitrogens is 1. The van der Waals surface area contributed by atoms with Crippen molar-refractivity contribution in [2.24, 2.45) is 0 Å². The fraction of sp³-hybridized carbons (Fsp3) is 0.320. The van der Waals surface area contributed by atoms with Crippen LogP contribution in [-0.4, -0.2) is 44.3 Å². The fourth-order valence-electron chi connectivity index (χ4n) is 4.46. The standard InChI is InChI=1S/C25H26N2O4S/c1-32(28,29)21-8-5-19(6-9-21)22-10-4-18(16-26-22)17-27-12-2-3-23(27)20-7-11-24-25(15-20)31-14-13-30-24/h4-11,15-16,23H,2-3,12-14,17H2,1H3/t23-/m1/s1. The highest BCUT2D eigenvalue weighted by molar-refractivity contribution is 7.90. The smallest absolute Gasteiger partial charge is 0.175 e. The number of likely N-dealkylation sites (tertiary alicyclic amines) is 1. The van der Waals surface area contributed by atoms with E-state index in [1.807, 2.05) is 18.3 Å². The van der Waals surface area contributed by atoms with Crippen molar-refractivity contribution in [2.75, 3.05) is 26.0 Å². The van der Waals surface area contributed by atoms with E-state index in [0.29, 0.717) is 24.2 Å². The molecule has 1 fully saturated rings. The van der Waals surface area contributed by atoms with Crippen molar-refractivity contribution in [3.8, 4) is 22.8 Å². The molecule has 0 spiro atoms. The lowest BCUT2D eigenvalue weighted by molar-refractivity contribution is 0.170. The maximum Gasteiger partial charge on any atom is 0.175 e. The summed E-state index contributed by atoms with van der Waals surface area (Å²) in [6.45, 7) is 3.08. The van der Waals surface area contributed by atoms with E-state index in [-0.39, 0.29) is 0 Å². The van der Waals surface area contributed by atoms with Gasteiger partial charge in [-0.25, -0.2) is 8.42 Å². The SMILES string of the molecule is CS(=O)(=O)c1ccc(-c2ccc(CN3CCC[C@@H]3c3ccc4c(c3)OCCO4)cn2)cc1. The lowest BCUT2D eigenvalue weighted by atomic mass is 10.0. The van der Waals surface area contributed by atoms with E-state index in [1.165, 1.54) is 11.8 Å². The van der Waals surface area contributed by atoms with Crippen molar-refractivity contribution < 1.29 is 17.9 Å². The molecule has 0 bridgehead atoms.